The van der Waals surface area contributed by atoms with Crippen molar-refractivity contribution in [1.29, 1.82) is 0 Å². The van der Waals surface area contributed by atoms with Crippen molar-refractivity contribution in [2.75, 3.05) is 13.1 Å². The lowest BCUT2D eigenvalue weighted by Gasteiger charge is -2.06. The molecule has 0 spiro atoms. The van der Waals surface area contributed by atoms with E-state index in [1.807, 2.05) is 0 Å². The summed E-state index contributed by atoms with van der Waals surface area (Å²) in [6.07, 6.45) is 3.22. The number of nitrogens with two attached hydrogens (primary N) is 1. The zero-order chi connectivity index (χ0) is 15.1. The van der Waals surface area contributed by atoms with E-state index in [0.29, 0.717) is 18.7 Å². The van der Waals surface area contributed by atoms with E-state index in [1.54, 1.807) is 23.1 Å². The number of nitrogens with one attached hydrogen (secondary N) is 1. The van der Waals surface area contributed by atoms with E-state index in [9.17, 15) is 9.18 Å². The van der Waals surface area contributed by atoms with Crippen molar-refractivity contribution in [3.05, 3.63) is 47.5 Å². The monoisotopic (exact) mass is 287 g/mol. The van der Waals surface area contributed by atoms with Crippen LogP contribution in [0.3, 0.4) is 0 Å². The third-order valence-corrected chi connectivity index (χ3v) is 2.65. The van der Waals surface area contributed by atoms with Gasteiger partial charge in [0.05, 0.1) is 24.8 Å². The Hall–Kier alpha value is -2.72. The summed E-state index contributed by atoms with van der Waals surface area (Å²) in [4.78, 5) is 11.9. The first-order valence-corrected chi connectivity index (χ1v) is 6.31. The highest BCUT2D eigenvalue weighted by Gasteiger charge is 2.11. The number of hydrogen-bond acceptors (Lipinski definition) is 4. The molecule has 0 saturated carbocycles. The Labute approximate surface area is 121 Å². The standard InChI is InChI=1S/C14H14FN5O/c15-13-10-11(2-1-5-16)3-4-12(13)14(21)17-6-8-20-9-7-18-19-20/h3-4,7,9-10H,5-6,8,16H2,(H,17,21). The lowest BCUT2D eigenvalue weighted by Crippen LogP contribution is -2.28. The zero-order valence-electron chi connectivity index (χ0n) is 11.2. The fourth-order valence-corrected chi connectivity index (χ4v) is 1.66. The Morgan fingerprint density at radius 3 is 3.00 bits per heavy atom. The number of carbonyl (C=O) groups excluding carboxylic acids is 1. The largest absolute Gasteiger partial charge is 0.350 e. The Morgan fingerprint density at radius 2 is 2.33 bits per heavy atom. The second-order valence-corrected chi connectivity index (χ2v) is 4.12. The summed E-state index contributed by atoms with van der Waals surface area (Å²) in [6, 6.07) is 4.20. The van der Waals surface area contributed by atoms with Crippen LogP contribution in [0, 0.1) is 17.7 Å². The van der Waals surface area contributed by atoms with Gasteiger partial charge in [0.25, 0.3) is 5.91 Å². The summed E-state index contributed by atoms with van der Waals surface area (Å²) in [5.41, 5.74) is 5.71. The Kier molecular flexibility index (Phi) is 5.01. The number of nitrogens with zero attached hydrogens (tertiary/aromatic N) is 3. The molecule has 0 radical (unpaired) electrons. The molecule has 0 aliphatic heterocycles. The molecule has 1 amide bonds. The maximum absolute atomic E-state index is 13.8. The van der Waals surface area contributed by atoms with Gasteiger partial charge in [-0.2, -0.15) is 0 Å². The minimum atomic E-state index is -0.614. The first-order chi connectivity index (χ1) is 10.2. The van der Waals surface area contributed by atoms with Crippen molar-refractivity contribution in [3.63, 3.8) is 0 Å². The van der Waals surface area contributed by atoms with Crippen LogP contribution in [0.5, 0.6) is 0 Å². The average molecular weight is 287 g/mol. The Bertz CT molecular complexity index is 672. The van der Waals surface area contributed by atoms with Gasteiger partial charge in [-0.05, 0) is 18.2 Å². The molecule has 2 aromatic rings. The molecule has 2 rings (SSSR count). The number of aromatic nitrogens is 3. The van der Waals surface area contributed by atoms with Crippen LogP contribution in [0.2, 0.25) is 0 Å². The molecule has 1 aromatic carbocycles. The summed E-state index contributed by atoms with van der Waals surface area (Å²) in [7, 11) is 0. The van der Waals surface area contributed by atoms with E-state index >= 15 is 0 Å². The number of halogens is 1. The molecule has 3 N–H and O–H groups in total. The van der Waals surface area contributed by atoms with Crippen molar-refractivity contribution < 1.29 is 9.18 Å². The van der Waals surface area contributed by atoms with E-state index < -0.39 is 11.7 Å². The lowest BCUT2D eigenvalue weighted by molar-refractivity contribution is 0.0948. The number of benzene rings is 1. The van der Waals surface area contributed by atoms with Crippen LogP contribution in [0.15, 0.2) is 30.6 Å². The van der Waals surface area contributed by atoms with Gasteiger partial charge in [0, 0.05) is 18.3 Å². The van der Waals surface area contributed by atoms with Gasteiger partial charge in [0.1, 0.15) is 5.82 Å². The van der Waals surface area contributed by atoms with Crippen LogP contribution in [-0.4, -0.2) is 34.0 Å². The summed E-state index contributed by atoms with van der Waals surface area (Å²) in [6.45, 7) is 0.996. The molecule has 0 bridgehead atoms. The summed E-state index contributed by atoms with van der Waals surface area (Å²) >= 11 is 0. The van der Waals surface area contributed by atoms with Gasteiger partial charge in [-0.3, -0.25) is 9.48 Å². The molecule has 0 unspecified atom stereocenters. The van der Waals surface area contributed by atoms with Gasteiger partial charge in [-0.1, -0.05) is 17.1 Å². The molecule has 1 heterocycles. The van der Waals surface area contributed by atoms with Gasteiger partial charge < -0.3 is 11.1 Å². The second-order valence-electron chi connectivity index (χ2n) is 4.12. The molecule has 1 aromatic heterocycles. The number of amides is 1. The van der Waals surface area contributed by atoms with Gasteiger partial charge in [-0.25, -0.2) is 4.39 Å². The van der Waals surface area contributed by atoms with Crippen LogP contribution in [0.25, 0.3) is 0 Å². The fraction of sp³-hybridized carbons (Fsp3) is 0.214. The molecule has 0 atom stereocenters. The zero-order valence-corrected chi connectivity index (χ0v) is 11.2. The van der Waals surface area contributed by atoms with Crippen molar-refractivity contribution in [2.45, 2.75) is 6.54 Å². The van der Waals surface area contributed by atoms with Gasteiger partial charge in [-0.15, -0.1) is 5.10 Å². The third kappa shape index (κ3) is 4.12. The predicted molar refractivity (Wildman–Crippen MR) is 74.7 cm³/mol. The van der Waals surface area contributed by atoms with E-state index in [-0.39, 0.29) is 12.1 Å². The van der Waals surface area contributed by atoms with Crippen LogP contribution in [0.1, 0.15) is 15.9 Å². The molecular weight excluding hydrogens is 273 g/mol. The predicted octanol–water partition coefficient (Wildman–Crippen LogP) is 0.157. The van der Waals surface area contributed by atoms with E-state index in [4.69, 9.17) is 5.73 Å². The highest BCUT2D eigenvalue weighted by Crippen LogP contribution is 2.09. The summed E-state index contributed by atoms with van der Waals surface area (Å²) < 4.78 is 15.4. The molecule has 0 saturated heterocycles. The molecule has 7 heteroatoms. The molecule has 108 valence electrons. The SMILES string of the molecule is NCC#Cc1ccc(C(=O)NCCn2ccnn2)c(F)c1. The number of hydrogen-bond donors (Lipinski definition) is 2. The van der Waals surface area contributed by atoms with Crippen molar-refractivity contribution >= 4 is 5.91 Å². The smallest absolute Gasteiger partial charge is 0.254 e. The van der Waals surface area contributed by atoms with Gasteiger partial charge in [0.2, 0.25) is 0 Å². The highest BCUT2D eigenvalue weighted by atomic mass is 19.1. The molecule has 0 aliphatic rings. The van der Waals surface area contributed by atoms with E-state index in [2.05, 4.69) is 27.5 Å². The minimum Gasteiger partial charge on any atom is -0.350 e. The maximum Gasteiger partial charge on any atom is 0.254 e. The van der Waals surface area contributed by atoms with E-state index in [0.717, 1.165) is 0 Å². The fourth-order valence-electron chi connectivity index (χ4n) is 1.66. The van der Waals surface area contributed by atoms with Crippen LogP contribution in [0.4, 0.5) is 4.39 Å². The number of carbonyl (C=O) groups is 1. The summed E-state index contributed by atoms with van der Waals surface area (Å²) in [5, 5.41) is 10.0. The van der Waals surface area contributed by atoms with Gasteiger partial charge >= 0.3 is 0 Å². The van der Waals surface area contributed by atoms with Crippen molar-refractivity contribution in [2.24, 2.45) is 5.73 Å². The van der Waals surface area contributed by atoms with Gasteiger partial charge in [0.15, 0.2) is 0 Å². The molecule has 0 fully saturated rings. The minimum absolute atomic E-state index is 0.0214. The normalized spacial score (nSPS) is 9.81. The first kappa shape index (κ1) is 14.7. The van der Waals surface area contributed by atoms with Crippen LogP contribution < -0.4 is 11.1 Å². The van der Waals surface area contributed by atoms with E-state index in [1.165, 1.54) is 12.1 Å². The maximum atomic E-state index is 13.8. The first-order valence-electron chi connectivity index (χ1n) is 6.31. The van der Waals surface area contributed by atoms with Crippen molar-refractivity contribution in [1.82, 2.24) is 20.3 Å². The summed E-state index contributed by atoms with van der Waals surface area (Å²) in [5.74, 6) is 4.24. The van der Waals surface area contributed by atoms with Crippen LogP contribution in [-0.2, 0) is 6.54 Å². The molecular formula is C14H14FN5O. The average Bonchev–Trinajstić information content (AvgIpc) is 2.98. The quantitative estimate of drug-likeness (QED) is 0.784. The van der Waals surface area contributed by atoms with Crippen molar-refractivity contribution in [3.8, 4) is 11.8 Å². The highest BCUT2D eigenvalue weighted by molar-refractivity contribution is 5.94. The molecule has 0 aliphatic carbocycles. The Balaban J connectivity index is 1.95. The molecule has 6 nitrogen and oxygen atoms in total. The topological polar surface area (TPSA) is 85.8 Å². The second kappa shape index (κ2) is 7.17. The van der Waals surface area contributed by atoms with Crippen LogP contribution >= 0.6 is 0 Å². The lowest BCUT2D eigenvalue weighted by atomic mass is 10.1. The number of rotatable bonds is 4. The third-order valence-electron chi connectivity index (χ3n) is 2.65. The molecule has 21 heavy (non-hydrogen) atoms. The Morgan fingerprint density at radius 1 is 1.48 bits per heavy atom.